The lowest BCUT2D eigenvalue weighted by Gasteiger charge is -2.20. The van der Waals surface area contributed by atoms with Crippen LogP contribution in [-0.2, 0) is 16.1 Å². The summed E-state index contributed by atoms with van der Waals surface area (Å²) in [5, 5.41) is 5.32. The molecule has 1 N–H and O–H groups in total. The number of hydrogen-bond acceptors (Lipinski definition) is 5. The van der Waals surface area contributed by atoms with Crippen LogP contribution in [0.1, 0.15) is 27.7 Å². The third kappa shape index (κ3) is 6.67. The molecule has 0 unspecified atom stereocenters. The van der Waals surface area contributed by atoms with Gasteiger partial charge < -0.3 is 15.0 Å². The number of benzene rings is 2. The maximum absolute atomic E-state index is 12.5. The highest BCUT2D eigenvalue weighted by atomic mass is 35.5. The number of ketones is 1. The monoisotopic (exact) mass is 470 g/mol. The molecule has 0 fully saturated rings. The number of nitrogens with one attached hydrogen (secondary N) is 1. The zero-order valence-corrected chi connectivity index (χ0v) is 19.1. The second-order valence-corrected chi connectivity index (χ2v) is 8.38. The van der Waals surface area contributed by atoms with Crippen molar-refractivity contribution in [3.63, 3.8) is 0 Å². The van der Waals surface area contributed by atoms with Gasteiger partial charge >= 0.3 is 0 Å². The Morgan fingerprint density at radius 2 is 1.66 bits per heavy atom. The Hall–Kier alpha value is -3.16. The molecule has 0 radical (unpaired) electrons. The Morgan fingerprint density at radius 3 is 2.25 bits per heavy atom. The highest BCUT2D eigenvalue weighted by Gasteiger charge is 2.16. The first-order valence-electron chi connectivity index (χ1n) is 10.1. The molecule has 6 nitrogen and oxygen atoms in total. The van der Waals surface area contributed by atoms with Crippen molar-refractivity contribution in [2.75, 3.05) is 19.7 Å². The molecule has 2 amide bonds. The zero-order valence-electron chi connectivity index (χ0n) is 17.5. The summed E-state index contributed by atoms with van der Waals surface area (Å²) in [5.74, 6) is -0.182. The van der Waals surface area contributed by atoms with Crippen LogP contribution in [0, 0.1) is 0 Å². The third-order valence-corrected chi connectivity index (χ3v) is 5.82. The van der Waals surface area contributed by atoms with Crippen LogP contribution in [0.5, 0.6) is 5.75 Å². The summed E-state index contributed by atoms with van der Waals surface area (Å²) in [7, 11) is 0. The van der Waals surface area contributed by atoms with Crippen LogP contribution < -0.4 is 10.1 Å². The SMILES string of the molecule is CCN(CC(=O)NCc1cccs1)C(=O)COc1ccc(C(=O)c2ccc(Cl)cc2)cc1. The van der Waals surface area contributed by atoms with Crippen LogP contribution in [0.15, 0.2) is 66.0 Å². The van der Waals surface area contributed by atoms with Crippen LogP contribution in [0.4, 0.5) is 0 Å². The fourth-order valence-corrected chi connectivity index (χ4v) is 3.68. The third-order valence-electron chi connectivity index (χ3n) is 4.69. The van der Waals surface area contributed by atoms with Gasteiger partial charge in [-0.25, -0.2) is 0 Å². The number of hydrogen-bond donors (Lipinski definition) is 1. The van der Waals surface area contributed by atoms with Gasteiger partial charge in [0.05, 0.1) is 13.1 Å². The lowest BCUT2D eigenvalue weighted by molar-refractivity contribution is -0.137. The van der Waals surface area contributed by atoms with E-state index < -0.39 is 0 Å². The van der Waals surface area contributed by atoms with E-state index in [-0.39, 0.29) is 30.7 Å². The molecule has 1 heterocycles. The summed E-state index contributed by atoms with van der Waals surface area (Å²) in [4.78, 5) is 39.6. The van der Waals surface area contributed by atoms with E-state index in [1.165, 1.54) is 4.90 Å². The second kappa shape index (κ2) is 11.5. The molecule has 0 atom stereocenters. The minimum absolute atomic E-state index is 0.0292. The predicted octanol–water partition coefficient (Wildman–Crippen LogP) is 4.18. The van der Waals surface area contributed by atoms with E-state index in [4.69, 9.17) is 16.3 Å². The number of likely N-dealkylation sites (N-methyl/N-ethyl adjacent to an activating group) is 1. The molecule has 0 bridgehead atoms. The quantitative estimate of drug-likeness (QED) is 0.451. The van der Waals surface area contributed by atoms with Crippen LogP contribution >= 0.6 is 22.9 Å². The number of rotatable bonds is 10. The number of nitrogens with zero attached hydrogens (tertiary/aromatic N) is 1. The van der Waals surface area contributed by atoms with Gasteiger partial charge in [-0.2, -0.15) is 0 Å². The minimum Gasteiger partial charge on any atom is -0.484 e. The molecule has 1 aromatic heterocycles. The summed E-state index contributed by atoms with van der Waals surface area (Å²) in [6.07, 6.45) is 0. The molecule has 8 heteroatoms. The van der Waals surface area contributed by atoms with Crippen molar-refractivity contribution >= 4 is 40.5 Å². The zero-order chi connectivity index (χ0) is 22.9. The Kier molecular flexibility index (Phi) is 8.41. The van der Waals surface area contributed by atoms with Gasteiger partial charge in [0.1, 0.15) is 5.75 Å². The van der Waals surface area contributed by atoms with E-state index in [0.29, 0.717) is 35.0 Å². The lowest BCUT2D eigenvalue weighted by atomic mass is 10.0. The number of thiophene rings is 1. The molecule has 0 spiro atoms. The average Bonchev–Trinajstić information content (AvgIpc) is 3.34. The first-order chi connectivity index (χ1) is 15.5. The second-order valence-electron chi connectivity index (χ2n) is 6.91. The number of halogens is 1. The van der Waals surface area contributed by atoms with Crippen LogP contribution in [0.3, 0.4) is 0 Å². The standard InChI is InChI=1S/C24H23ClN2O4S/c1-2-27(15-22(28)26-14-21-4-3-13-32-21)23(29)16-31-20-11-7-18(8-12-20)24(30)17-5-9-19(25)10-6-17/h3-13H,2,14-16H2,1H3,(H,26,28). The first kappa shape index (κ1) is 23.5. The highest BCUT2D eigenvalue weighted by molar-refractivity contribution is 7.09. The number of ether oxygens (including phenoxy) is 1. The fourth-order valence-electron chi connectivity index (χ4n) is 2.91. The summed E-state index contributed by atoms with van der Waals surface area (Å²) in [5.41, 5.74) is 1.04. The van der Waals surface area contributed by atoms with Crippen molar-refractivity contribution in [1.29, 1.82) is 0 Å². The summed E-state index contributed by atoms with van der Waals surface area (Å²) >= 11 is 7.42. The Labute approximate surface area is 195 Å². The molecule has 2 aromatic carbocycles. The van der Waals surface area contributed by atoms with E-state index in [9.17, 15) is 14.4 Å². The normalized spacial score (nSPS) is 10.4. The van der Waals surface area contributed by atoms with Gasteiger partial charge in [0.25, 0.3) is 5.91 Å². The van der Waals surface area contributed by atoms with Crippen LogP contribution in [0.2, 0.25) is 5.02 Å². The van der Waals surface area contributed by atoms with E-state index in [1.807, 2.05) is 24.4 Å². The summed E-state index contributed by atoms with van der Waals surface area (Å²) in [6.45, 7) is 2.42. The van der Waals surface area contributed by atoms with Gasteiger partial charge in [0.2, 0.25) is 5.91 Å². The molecule has 0 aliphatic carbocycles. The van der Waals surface area contributed by atoms with Gasteiger partial charge in [0, 0.05) is 27.6 Å². The summed E-state index contributed by atoms with van der Waals surface area (Å²) in [6, 6.07) is 17.1. The molecular weight excluding hydrogens is 448 g/mol. The maximum atomic E-state index is 12.5. The number of carbonyl (C=O) groups excluding carboxylic acids is 3. The van der Waals surface area contributed by atoms with Gasteiger partial charge in [-0.3, -0.25) is 14.4 Å². The fraction of sp³-hybridized carbons (Fsp3) is 0.208. The molecule has 3 aromatic rings. The number of amides is 2. The van der Waals surface area contributed by atoms with E-state index >= 15 is 0 Å². The number of carbonyl (C=O) groups is 3. The molecule has 0 saturated heterocycles. The Balaban J connectivity index is 1.48. The topological polar surface area (TPSA) is 75.7 Å². The van der Waals surface area contributed by atoms with Crippen LogP contribution in [0.25, 0.3) is 0 Å². The van der Waals surface area contributed by atoms with Crippen molar-refractivity contribution in [3.05, 3.63) is 87.1 Å². The lowest BCUT2D eigenvalue weighted by Crippen LogP contribution is -2.42. The average molecular weight is 471 g/mol. The Morgan fingerprint density at radius 1 is 1.00 bits per heavy atom. The molecule has 0 saturated carbocycles. The van der Waals surface area contributed by atoms with Crippen LogP contribution in [-0.4, -0.2) is 42.2 Å². The first-order valence-corrected chi connectivity index (χ1v) is 11.3. The van der Waals surface area contributed by atoms with E-state index in [2.05, 4.69) is 5.32 Å². The van der Waals surface area contributed by atoms with Crippen molar-refractivity contribution in [3.8, 4) is 5.75 Å². The highest BCUT2D eigenvalue weighted by Crippen LogP contribution is 2.17. The van der Waals surface area contributed by atoms with Gasteiger partial charge in [0.15, 0.2) is 12.4 Å². The predicted molar refractivity (Wildman–Crippen MR) is 125 cm³/mol. The van der Waals surface area contributed by atoms with Crippen molar-refractivity contribution in [1.82, 2.24) is 10.2 Å². The van der Waals surface area contributed by atoms with Crippen molar-refractivity contribution < 1.29 is 19.1 Å². The van der Waals surface area contributed by atoms with E-state index in [0.717, 1.165) is 4.88 Å². The van der Waals surface area contributed by atoms with E-state index in [1.54, 1.807) is 59.9 Å². The summed E-state index contributed by atoms with van der Waals surface area (Å²) < 4.78 is 5.56. The Bertz CT molecular complexity index is 1050. The van der Waals surface area contributed by atoms with Crippen molar-refractivity contribution in [2.45, 2.75) is 13.5 Å². The molecule has 0 aliphatic heterocycles. The maximum Gasteiger partial charge on any atom is 0.260 e. The minimum atomic E-state index is -0.292. The van der Waals surface area contributed by atoms with Gasteiger partial charge in [-0.05, 0) is 66.9 Å². The molecule has 3 rings (SSSR count). The van der Waals surface area contributed by atoms with Gasteiger partial charge in [-0.1, -0.05) is 17.7 Å². The molecule has 32 heavy (non-hydrogen) atoms. The molecule has 166 valence electrons. The molecule has 0 aliphatic rings. The van der Waals surface area contributed by atoms with Crippen molar-refractivity contribution in [2.24, 2.45) is 0 Å². The molecular formula is C24H23ClN2O4S. The largest absolute Gasteiger partial charge is 0.484 e. The van der Waals surface area contributed by atoms with Gasteiger partial charge in [-0.15, -0.1) is 11.3 Å². The smallest absolute Gasteiger partial charge is 0.260 e.